The van der Waals surface area contributed by atoms with Gasteiger partial charge in [0.15, 0.2) is 0 Å². The molecule has 2 aliphatic rings. The van der Waals surface area contributed by atoms with E-state index in [0.29, 0.717) is 30.5 Å². The average molecular weight is 601 g/mol. The monoisotopic (exact) mass is 600 g/mol. The number of imide groups is 1. The fourth-order valence-electron chi connectivity index (χ4n) is 5.33. The highest BCUT2D eigenvalue weighted by atomic mass is 35.5. The Bertz CT molecular complexity index is 1710. The molecule has 3 heterocycles. The summed E-state index contributed by atoms with van der Waals surface area (Å²) >= 11 is 7.30. The Labute approximate surface area is 252 Å². The van der Waals surface area contributed by atoms with Gasteiger partial charge in [0.1, 0.15) is 6.54 Å². The molecule has 2 fully saturated rings. The van der Waals surface area contributed by atoms with Crippen LogP contribution in [0.15, 0.2) is 77.7 Å². The number of morpholine rings is 1. The Hall–Kier alpha value is -4.05. The van der Waals surface area contributed by atoms with Crippen LogP contribution < -0.4 is 10.2 Å². The number of rotatable bonds is 7. The van der Waals surface area contributed by atoms with E-state index in [-0.39, 0.29) is 11.4 Å². The molecule has 0 aliphatic carbocycles. The number of halogens is 1. The topological polar surface area (TPSA) is 83.9 Å². The predicted molar refractivity (Wildman–Crippen MR) is 168 cm³/mol. The van der Waals surface area contributed by atoms with Crippen LogP contribution in [0, 0.1) is 6.92 Å². The molecule has 1 N–H and O–H groups in total. The van der Waals surface area contributed by atoms with E-state index in [1.807, 2.05) is 79.7 Å². The Kier molecular flexibility index (Phi) is 8.06. The first-order chi connectivity index (χ1) is 20.4. The summed E-state index contributed by atoms with van der Waals surface area (Å²) in [4.78, 5) is 42.5. The lowest BCUT2D eigenvalue weighted by Gasteiger charge is -2.28. The largest absolute Gasteiger partial charge is 0.378 e. The van der Waals surface area contributed by atoms with Crippen LogP contribution in [0.4, 0.5) is 16.2 Å². The van der Waals surface area contributed by atoms with E-state index in [4.69, 9.17) is 16.3 Å². The number of nitrogens with zero attached hydrogens (tertiary/aromatic N) is 3. The van der Waals surface area contributed by atoms with Crippen LogP contribution in [0.1, 0.15) is 16.8 Å². The van der Waals surface area contributed by atoms with Crippen LogP contribution in [0.2, 0.25) is 5.02 Å². The van der Waals surface area contributed by atoms with Gasteiger partial charge in [-0.1, -0.05) is 48.0 Å². The maximum absolute atomic E-state index is 13.3. The lowest BCUT2D eigenvalue weighted by Crippen LogP contribution is -2.36. The van der Waals surface area contributed by atoms with Gasteiger partial charge in [-0.05, 0) is 66.7 Å². The number of fused-ring (bicyclic) bond motifs is 1. The minimum atomic E-state index is -0.481. The minimum absolute atomic E-state index is 0.284. The number of thioether (sulfide) groups is 1. The van der Waals surface area contributed by atoms with Crippen molar-refractivity contribution in [1.82, 2.24) is 9.47 Å². The first kappa shape index (κ1) is 28.1. The van der Waals surface area contributed by atoms with Crippen molar-refractivity contribution in [3.8, 4) is 0 Å². The van der Waals surface area contributed by atoms with Gasteiger partial charge in [-0.25, -0.2) is 0 Å². The Morgan fingerprint density at radius 1 is 1.00 bits per heavy atom. The van der Waals surface area contributed by atoms with Crippen LogP contribution in [0.25, 0.3) is 17.0 Å². The summed E-state index contributed by atoms with van der Waals surface area (Å²) in [6, 6.07) is 23.2. The molecule has 0 radical (unpaired) electrons. The maximum Gasteiger partial charge on any atom is 0.294 e. The average Bonchev–Trinajstić information content (AvgIpc) is 3.42. The van der Waals surface area contributed by atoms with Crippen LogP contribution in [-0.4, -0.2) is 59.4 Å². The second-order valence-corrected chi connectivity index (χ2v) is 11.6. The molecule has 2 aliphatic heterocycles. The van der Waals surface area contributed by atoms with Crippen LogP contribution in [0.3, 0.4) is 0 Å². The molecule has 1 aromatic heterocycles. The molecule has 3 aromatic carbocycles. The molecule has 4 aromatic rings. The van der Waals surface area contributed by atoms with Gasteiger partial charge in [-0.15, -0.1) is 0 Å². The number of carbonyl (C=O) groups excluding carboxylic acids is 3. The SMILES string of the molecule is Cc1c(/C=C2\SC(=O)N(CC(=O)Nc3ccc(N4CCOCC4)cc3)C2=O)c2ccccc2n1Cc1ccccc1Cl. The molecule has 6 rings (SSSR count). The minimum Gasteiger partial charge on any atom is -0.378 e. The molecule has 0 saturated carbocycles. The van der Waals surface area contributed by atoms with Crippen LogP contribution >= 0.6 is 23.4 Å². The summed E-state index contributed by atoms with van der Waals surface area (Å²) in [5.41, 5.74) is 5.43. The number of amides is 3. The number of para-hydroxylation sites is 1. The molecule has 0 bridgehead atoms. The number of hydrogen-bond acceptors (Lipinski definition) is 6. The Morgan fingerprint density at radius 3 is 2.48 bits per heavy atom. The van der Waals surface area contributed by atoms with Crippen LogP contribution in [-0.2, 0) is 20.9 Å². The highest BCUT2D eigenvalue weighted by molar-refractivity contribution is 8.18. The zero-order valence-corrected chi connectivity index (χ0v) is 24.6. The summed E-state index contributed by atoms with van der Waals surface area (Å²) in [5.74, 6) is -0.921. The zero-order valence-electron chi connectivity index (χ0n) is 23.0. The maximum atomic E-state index is 13.3. The van der Waals surface area contributed by atoms with Crippen molar-refractivity contribution >= 4 is 68.8 Å². The molecule has 0 spiro atoms. The van der Waals surface area contributed by atoms with Gasteiger partial charge < -0.3 is 19.5 Å². The van der Waals surface area contributed by atoms with Crippen molar-refractivity contribution in [2.45, 2.75) is 13.5 Å². The lowest BCUT2D eigenvalue weighted by molar-refractivity contribution is -0.127. The quantitative estimate of drug-likeness (QED) is 0.256. The third-order valence-electron chi connectivity index (χ3n) is 7.54. The second-order valence-electron chi connectivity index (χ2n) is 10.2. The number of anilines is 2. The van der Waals surface area contributed by atoms with Gasteiger partial charge in [-0.2, -0.15) is 0 Å². The van der Waals surface area contributed by atoms with E-state index < -0.39 is 17.1 Å². The third kappa shape index (κ3) is 5.68. The summed E-state index contributed by atoms with van der Waals surface area (Å²) < 4.78 is 7.56. The van der Waals surface area contributed by atoms with Gasteiger partial charge in [0.2, 0.25) is 5.91 Å². The predicted octanol–water partition coefficient (Wildman–Crippen LogP) is 6.16. The van der Waals surface area contributed by atoms with E-state index >= 15 is 0 Å². The molecule has 0 atom stereocenters. The zero-order chi connectivity index (χ0) is 29.2. The molecule has 2 saturated heterocycles. The number of ether oxygens (including phenoxy) is 1. The van der Waals surface area contributed by atoms with Crippen LogP contribution in [0.5, 0.6) is 0 Å². The van der Waals surface area contributed by atoms with Crippen molar-refractivity contribution < 1.29 is 19.1 Å². The number of nitrogens with one attached hydrogen (secondary N) is 1. The molecular weight excluding hydrogens is 572 g/mol. The molecule has 42 heavy (non-hydrogen) atoms. The van der Waals surface area contributed by atoms with Gasteiger partial charge in [0, 0.05) is 58.2 Å². The van der Waals surface area contributed by atoms with Crippen molar-refractivity contribution in [3.63, 3.8) is 0 Å². The fourth-order valence-corrected chi connectivity index (χ4v) is 6.34. The fraction of sp³-hybridized carbons (Fsp3) is 0.219. The van der Waals surface area contributed by atoms with Crippen molar-refractivity contribution in [2.24, 2.45) is 0 Å². The van der Waals surface area contributed by atoms with Gasteiger partial charge in [0.25, 0.3) is 11.1 Å². The molecule has 10 heteroatoms. The molecule has 3 amide bonds. The number of carbonyl (C=O) groups is 3. The number of aromatic nitrogens is 1. The first-order valence-electron chi connectivity index (χ1n) is 13.7. The normalized spacial score (nSPS) is 16.6. The summed E-state index contributed by atoms with van der Waals surface area (Å²) in [6.45, 7) is 5.21. The smallest absolute Gasteiger partial charge is 0.294 e. The molecule has 214 valence electrons. The summed E-state index contributed by atoms with van der Waals surface area (Å²) in [7, 11) is 0. The van der Waals surface area contributed by atoms with Crippen molar-refractivity contribution in [1.29, 1.82) is 0 Å². The first-order valence-corrected chi connectivity index (χ1v) is 14.9. The molecular formula is C32H29ClN4O4S. The van der Waals surface area contributed by atoms with E-state index in [0.717, 1.165) is 63.2 Å². The highest BCUT2D eigenvalue weighted by Gasteiger charge is 2.36. The summed E-state index contributed by atoms with van der Waals surface area (Å²) in [5, 5.41) is 3.98. The highest BCUT2D eigenvalue weighted by Crippen LogP contribution is 2.36. The van der Waals surface area contributed by atoms with Gasteiger partial charge in [-0.3, -0.25) is 19.3 Å². The Morgan fingerprint density at radius 2 is 1.71 bits per heavy atom. The van der Waals surface area contributed by atoms with E-state index in [1.54, 1.807) is 6.08 Å². The Balaban J connectivity index is 1.18. The summed E-state index contributed by atoms with van der Waals surface area (Å²) in [6.07, 6.45) is 1.76. The standard InChI is InChI=1S/C32H29ClN4O4S/c1-21-26(25-7-3-5-9-28(25)36(21)19-22-6-2-4-8-27(22)33)18-29-31(39)37(32(40)42-29)20-30(38)34-23-10-12-24(13-11-23)35-14-16-41-17-15-35/h2-13,18H,14-17,19-20H2,1H3,(H,34,38)/b29-18-. The molecule has 8 nitrogen and oxygen atoms in total. The molecule has 0 unspecified atom stereocenters. The number of benzene rings is 3. The van der Waals surface area contributed by atoms with Crippen molar-refractivity contribution in [3.05, 3.63) is 99.5 Å². The lowest BCUT2D eigenvalue weighted by atomic mass is 10.1. The van der Waals surface area contributed by atoms with Gasteiger partial charge >= 0.3 is 0 Å². The third-order valence-corrected chi connectivity index (χ3v) is 8.82. The number of hydrogen-bond donors (Lipinski definition) is 1. The van der Waals surface area contributed by atoms with E-state index in [9.17, 15) is 14.4 Å². The van der Waals surface area contributed by atoms with E-state index in [1.165, 1.54) is 0 Å². The van der Waals surface area contributed by atoms with Crippen molar-refractivity contribution in [2.75, 3.05) is 43.1 Å². The second kappa shape index (κ2) is 12.1. The van der Waals surface area contributed by atoms with Gasteiger partial charge in [0.05, 0.1) is 18.1 Å². The van der Waals surface area contributed by atoms with E-state index in [2.05, 4.69) is 14.8 Å².